The van der Waals surface area contributed by atoms with Gasteiger partial charge in [-0.2, -0.15) is 0 Å². The minimum atomic E-state index is -0.222. The van der Waals surface area contributed by atoms with E-state index < -0.39 is 0 Å². The molecule has 1 rings (SSSR count). The van der Waals surface area contributed by atoms with Gasteiger partial charge < -0.3 is 16.8 Å². The summed E-state index contributed by atoms with van der Waals surface area (Å²) in [5, 5.41) is 2.59. The summed E-state index contributed by atoms with van der Waals surface area (Å²) < 4.78 is 0. The van der Waals surface area contributed by atoms with Crippen LogP contribution in [0.25, 0.3) is 0 Å². The summed E-state index contributed by atoms with van der Waals surface area (Å²) in [7, 11) is 0. The van der Waals surface area contributed by atoms with Crippen LogP contribution in [0.15, 0.2) is 47.9 Å². The molecule has 0 bridgehead atoms. The molecule has 0 aliphatic carbocycles. The highest BCUT2D eigenvalue weighted by Gasteiger charge is 2.07. The lowest BCUT2D eigenvalue weighted by Gasteiger charge is -2.06. The van der Waals surface area contributed by atoms with Gasteiger partial charge in [0.05, 0.1) is 0 Å². The Bertz CT molecular complexity index is 471. The number of nitrogens with one attached hydrogen (secondary N) is 1. The van der Waals surface area contributed by atoms with Crippen molar-refractivity contribution < 1.29 is 4.79 Å². The van der Waals surface area contributed by atoms with Crippen molar-refractivity contribution in [2.45, 2.75) is 13.8 Å². The van der Waals surface area contributed by atoms with E-state index >= 15 is 0 Å². The number of nitrogens with two attached hydrogens (primary N) is 2. The van der Waals surface area contributed by atoms with Gasteiger partial charge in [-0.15, -0.1) is 0 Å². The Morgan fingerprint density at radius 1 is 1.24 bits per heavy atom. The lowest BCUT2D eigenvalue weighted by molar-refractivity contribution is 0.0965. The number of hydrogen-bond acceptors (Lipinski definition) is 3. The van der Waals surface area contributed by atoms with Gasteiger partial charge in [-0.1, -0.05) is 18.2 Å². The quantitative estimate of drug-likeness (QED) is 0.687. The van der Waals surface area contributed by atoms with Crippen LogP contribution >= 0.6 is 0 Å². The van der Waals surface area contributed by atoms with E-state index in [1.807, 2.05) is 25.1 Å². The maximum absolute atomic E-state index is 11.8. The second-order valence-corrected chi connectivity index (χ2v) is 3.80. The van der Waals surface area contributed by atoms with E-state index in [-0.39, 0.29) is 11.7 Å². The first-order valence-electron chi connectivity index (χ1n) is 5.27. The highest BCUT2D eigenvalue weighted by atomic mass is 16.1. The Morgan fingerprint density at radius 3 is 2.47 bits per heavy atom. The molecule has 0 saturated carbocycles. The molecule has 0 spiro atoms. The van der Waals surface area contributed by atoms with Crippen LogP contribution in [0.3, 0.4) is 0 Å². The van der Waals surface area contributed by atoms with Crippen LogP contribution in [0, 0.1) is 6.92 Å². The Kier molecular flexibility index (Phi) is 4.34. The van der Waals surface area contributed by atoms with Crippen LogP contribution in [-0.4, -0.2) is 5.91 Å². The zero-order chi connectivity index (χ0) is 12.8. The molecular weight excluding hydrogens is 214 g/mol. The highest BCUT2D eigenvalue weighted by Crippen LogP contribution is 2.06. The molecule has 5 N–H and O–H groups in total. The van der Waals surface area contributed by atoms with E-state index in [4.69, 9.17) is 11.5 Å². The molecule has 0 saturated heterocycles. The van der Waals surface area contributed by atoms with Crippen molar-refractivity contribution in [3.05, 3.63) is 59.1 Å². The van der Waals surface area contributed by atoms with E-state index in [1.54, 1.807) is 25.1 Å². The van der Waals surface area contributed by atoms with Gasteiger partial charge in [0.25, 0.3) is 5.91 Å². The number of benzene rings is 1. The van der Waals surface area contributed by atoms with Crippen LogP contribution in [-0.2, 0) is 0 Å². The fourth-order valence-electron chi connectivity index (χ4n) is 1.29. The third-order valence-corrected chi connectivity index (χ3v) is 2.17. The third-order valence-electron chi connectivity index (χ3n) is 2.17. The van der Waals surface area contributed by atoms with E-state index in [0.29, 0.717) is 11.3 Å². The molecular formula is C13H17N3O. The summed E-state index contributed by atoms with van der Waals surface area (Å²) >= 11 is 0. The maximum atomic E-state index is 11.8. The van der Waals surface area contributed by atoms with Gasteiger partial charge in [-0.05, 0) is 37.6 Å². The number of hydrogen-bond donors (Lipinski definition) is 3. The van der Waals surface area contributed by atoms with Crippen LogP contribution in [0.5, 0.6) is 0 Å². The molecule has 1 aromatic carbocycles. The molecule has 4 heteroatoms. The monoisotopic (exact) mass is 231 g/mol. The maximum Gasteiger partial charge on any atom is 0.257 e. The van der Waals surface area contributed by atoms with E-state index in [2.05, 4.69) is 5.32 Å². The number of rotatable bonds is 3. The zero-order valence-corrected chi connectivity index (χ0v) is 10.0. The number of allylic oxidation sites excluding steroid dienone is 3. The lowest BCUT2D eigenvalue weighted by Crippen LogP contribution is -2.27. The summed E-state index contributed by atoms with van der Waals surface area (Å²) in [4.78, 5) is 11.8. The third kappa shape index (κ3) is 4.03. The summed E-state index contributed by atoms with van der Waals surface area (Å²) in [6, 6.07) is 7.32. The molecule has 1 aromatic rings. The standard InChI is InChI=1S/C13H17N3O/c1-9-5-3-4-6-11(9)13(17)16-12(15)8-7-10(2)14/h3-8H,14-15H2,1-2H3,(H,16,17)/b10-7-,12-8+. The lowest BCUT2D eigenvalue weighted by atomic mass is 10.1. The molecule has 17 heavy (non-hydrogen) atoms. The molecule has 0 aliphatic heterocycles. The molecule has 0 aromatic heterocycles. The molecule has 4 nitrogen and oxygen atoms in total. The first kappa shape index (κ1) is 12.8. The van der Waals surface area contributed by atoms with E-state index in [0.717, 1.165) is 5.56 Å². The molecule has 0 radical (unpaired) electrons. The fraction of sp³-hybridized carbons (Fsp3) is 0.154. The van der Waals surface area contributed by atoms with Gasteiger partial charge in [0, 0.05) is 11.3 Å². The molecule has 0 fully saturated rings. The number of aryl methyl sites for hydroxylation is 1. The summed E-state index contributed by atoms with van der Waals surface area (Å²) in [6.45, 7) is 3.62. The number of amides is 1. The van der Waals surface area contributed by atoms with Crippen LogP contribution in [0.4, 0.5) is 0 Å². The van der Waals surface area contributed by atoms with Crippen molar-refractivity contribution in [3.63, 3.8) is 0 Å². The topological polar surface area (TPSA) is 81.1 Å². The average Bonchev–Trinajstić information content (AvgIpc) is 2.26. The molecule has 0 atom stereocenters. The predicted octanol–water partition coefficient (Wildman–Crippen LogP) is 1.39. The Hall–Kier alpha value is -2.23. The van der Waals surface area contributed by atoms with Gasteiger partial charge in [-0.3, -0.25) is 4.79 Å². The molecule has 1 amide bonds. The summed E-state index contributed by atoms with van der Waals surface area (Å²) in [6.07, 6.45) is 3.19. The van der Waals surface area contributed by atoms with Crippen molar-refractivity contribution in [3.8, 4) is 0 Å². The van der Waals surface area contributed by atoms with Crippen LogP contribution in [0.1, 0.15) is 22.8 Å². The average molecular weight is 231 g/mol. The van der Waals surface area contributed by atoms with Gasteiger partial charge in [0.1, 0.15) is 5.82 Å². The number of carbonyl (C=O) groups is 1. The Morgan fingerprint density at radius 2 is 1.88 bits per heavy atom. The van der Waals surface area contributed by atoms with Crippen molar-refractivity contribution in [1.29, 1.82) is 0 Å². The van der Waals surface area contributed by atoms with Gasteiger partial charge in [0.2, 0.25) is 0 Å². The van der Waals surface area contributed by atoms with Crippen molar-refractivity contribution in [2.24, 2.45) is 11.5 Å². The highest BCUT2D eigenvalue weighted by molar-refractivity contribution is 5.96. The van der Waals surface area contributed by atoms with Crippen molar-refractivity contribution in [1.82, 2.24) is 5.32 Å². The minimum Gasteiger partial charge on any atom is -0.402 e. The second kappa shape index (κ2) is 5.75. The van der Waals surface area contributed by atoms with E-state index in [9.17, 15) is 4.79 Å². The van der Waals surface area contributed by atoms with Gasteiger partial charge in [0.15, 0.2) is 0 Å². The van der Waals surface area contributed by atoms with Crippen molar-refractivity contribution in [2.75, 3.05) is 0 Å². The fourth-order valence-corrected chi connectivity index (χ4v) is 1.29. The first-order valence-corrected chi connectivity index (χ1v) is 5.27. The minimum absolute atomic E-state index is 0.222. The molecule has 0 heterocycles. The summed E-state index contributed by atoms with van der Waals surface area (Å²) in [5.41, 5.74) is 13.2. The van der Waals surface area contributed by atoms with Crippen molar-refractivity contribution >= 4 is 5.91 Å². The Balaban J connectivity index is 2.77. The van der Waals surface area contributed by atoms with Crippen LogP contribution < -0.4 is 16.8 Å². The Labute approximate surface area is 101 Å². The molecule has 0 aliphatic rings. The molecule has 0 unspecified atom stereocenters. The van der Waals surface area contributed by atoms with Gasteiger partial charge >= 0.3 is 0 Å². The largest absolute Gasteiger partial charge is 0.402 e. The van der Waals surface area contributed by atoms with E-state index in [1.165, 1.54) is 0 Å². The predicted molar refractivity (Wildman–Crippen MR) is 68.9 cm³/mol. The zero-order valence-electron chi connectivity index (χ0n) is 10.0. The normalized spacial score (nSPS) is 12.4. The number of carbonyl (C=O) groups excluding carboxylic acids is 1. The second-order valence-electron chi connectivity index (χ2n) is 3.80. The SMILES string of the molecule is C/C(N)=C/C=C(\N)NC(=O)c1ccccc1C. The first-order chi connectivity index (χ1) is 8.00. The van der Waals surface area contributed by atoms with Gasteiger partial charge in [-0.25, -0.2) is 0 Å². The summed E-state index contributed by atoms with van der Waals surface area (Å²) in [5.74, 6) is 0.0444. The molecule has 90 valence electrons. The smallest absolute Gasteiger partial charge is 0.257 e. The van der Waals surface area contributed by atoms with Crippen LogP contribution in [0.2, 0.25) is 0 Å².